The summed E-state index contributed by atoms with van der Waals surface area (Å²) in [6.07, 6.45) is 2.51. The summed E-state index contributed by atoms with van der Waals surface area (Å²) in [5.41, 5.74) is 0. The van der Waals surface area contributed by atoms with E-state index in [9.17, 15) is 9.59 Å². The van der Waals surface area contributed by atoms with Gasteiger partial charge in [-0.1, -0.05) is 13.3 Å². The van der Waals surface area contributed by atoms with E-state index in [1.54, 1.807) is 0 Å². The first-order valence-electron chi connectivity index (χ1n) is 5.01. The molecule has 1 amide bonds. The highest BCUT2D eigenvalue weighted by atomic mass is 16.4. The lowest BCUT2D eigenvalue weighted by Gasteiger charge is -2.11. The molecule has 0 aromatic carbocycles. The van der Waals surface area contributed by atoms with Gasteiger partial charge in [-0.15, -0.1) is 0 Å². The second-order valence-corrected chi connectivity index (χ2v) is 3.37. The van der Waals surface area contributed by atoms with Crippen LogP contribution in [0.5, 0.6) is 0 Å². The minimum atomic E-state index is -0.903. The zero-order valence-electron chi connectivity index (χ0n) is 8.93. The smallest absolute Gasteiger partial charge is 0.308 e. The number of carboxylic acids is 1. The summed E-state index contributed by atoms with van der Waals surface area (Å²) in [5.74, 6) is -1.82. The number of H-pyrrole nitrogens is 1. The minimum Gasteiger partial charge on any atom is -0.481 e. The predicted octanol–water partition coefficient (Wildman–Crippen LogP) is 0.0354. The lowest BCUT2D eigenvalue weighted by Crippen LogP contribution is -2.33. The van der Waals surface area contributed by atoms with E-state index in [0.29, 0.717) is 6.42 Å². The quantitative estimate of drug-likeness (QED) is 0.634. The Kier molecular flexibility index (Phi) is 4.43. The molecule has 1 aromatic rings. The SMILES string of the molecule is CCCC(CNC(=O)c1ncn[nH]1)C(=O)O. The van der Waals surface area contributed by atoms with Crippen LogP contribution in [0.3, 0.4) is 0 Å². The molecular formula is C9H14N4O3. The van der Waals surface area contributed by atoms with Crippen LogP contribution in [-0.2, 0) is 4.79 Å². The van der Waals surface area contributed by atoms with Crippen LogP contribution in [0, 0.1) is 5.92 Å². The van der Waals surface area contributed by atoms with Crippen molar-refractivity contribution in [2.24, 2.45) is 5.92 Å². The Balaban J connectivity index is 2.43. The Morgan fingerprint density at radius 1 is 1.62 bits per heavy atom. The lowest BCUT2D eigenvalue weighted by molar-refractivity contribution is -0.141. The molecule has 0 saturated carbocycles. The Morgan fingerprint density at radius 3 is 2.88 bits per heavy atom. The lowest BCUT2D eigenvalue weighted by atomic mass is 10.0. The molecule has 88 valence electrons. The Bertz CT molecular complexity index is 350. The van der Waals surface area contributed by atoms with Gasteiger partial charge < -0.3 is 10.4 Å². The summed E-state index contributed by atoms with van der Waals surface area (Å²) in [6.45, 7) is 2.00. The fourth-order valence-corrected chi connectivity index (χ4v) is 1.28. The summed E-state index contributed by atoms with van der Waals surface area (Å²) in [7, 11) is 0. The second kappa shape index (κ2) is 5.84. The molecule has 3 N–H and O–H groups in total. The third kappa shape index (κ3) is 3.34. The van der Waals surface area contributed by atoms with Crippen LogP contribution in [0.2, 0.25) is 0 Å². The van der Waals surface area contributed by atoms with E-state index in [0.717, 1.165) is 6.42 Å². The third-order valence-electron chi connectivity index (χ3n) is 2.13. The number of carboxylic acid groups (broad SMARTS) is 1. The standard InChI is InChI=1S/C9H14N4O3/c1-2-3-6(9(15)16)4-10-8(14)7-11-5-12-13-7/h5-6H,2-4H2,1H3,(H,10,14)(H,15,16)(H,11,12,13). The zero-order valence-corrected chi connectivity index (χ0v) is 8.93. The molecule has 0 fully saturated rings. The number of hydrogen-bond donors (Lipinski definition) is 3. The number of nitrogens with zero attached hydrogens (tertiary/aromatic N) is 2. The van der Waals surface area contributed by atoms with Crippen LogP contribution in [0.1, 0.15) is 30.4 Å². The number of nitrogens with one attached hydrogen (secondary N) is 2. The van der Waals surface area contributed by atoms with Crippen molar-refractivity contribution in [3.05, 3.63) is 12.2 Å². The molecule has 0 saturated heterocycles. The molecule has 1 atom stereocenters. The normalized spacial score (nSPS) is 12.1. The van der Waals surface area contributed by atoms with Crippen LogP contribution in [0.15, 0.2) is 6.33 Å². The van der Waals surface area contributed by atoms with Gasteiger partial charge in [0.05, 0.1) is 5.92 Å². The van der Waals surface area contributed by atoms with Gasteiger partial charge in [-0.3, -0.25) is 14.7 Å². The predicted molar refractivity (Wildman–Crippen MR) is 54.7 cm³/mol. The zero-order chi connectivity index (χ0) is 12.0. The number of amides is 1. The van der Waals surface area contributed by atoms with E-state index in [2.05, 4.69) is 20.5 Å². The molecule has 0 bridgehead atoms. The molecule has 0 aliphatic rings. The number of carbonyl (C=O) groups excluding carboxylic acids is 1. The number of hydrogen-bond acceptors (Lipinski definition) is 4. The van der Waals surface area contributed by atoms with Gasteiger partial charge in [-0.2, -0.15) is 5.10 Å². The van der Waals surface area contributed by atoms with Crippen LogP contribution in [0.25, 0.3) is 0 Å². The number of aromatic amines is 1. The molecule has 7 heteroatoms. The molecule has 0 radical (unpaired) electrons. The molecule has 1 aromatic heterocycles. The summed E-state index contributed by atoms with van der Waals surface area (Å²) in [4.78, 5) is 25.9. The van der Waals surface area contributed by atoms with Crippen molar-refractivity contribution in [3.63, 3.8) is 0 Å². The number of carbonyl (C=O) groups is 2. The van der Waals surface area contributed by atoms with Crippen LogP contribution >= 0.6 is 0 Å². The van der Waals surface area contributed by atoms with Crippen molar-refractivity contribution >= 4 is 11.9 Å². The highest BCUT2D eigenvalue weighted by molar-refractivity contribution is 5.90. The van der Waals surface area contributed by atoms with Crippen molar-refractivity contribution < 1.29 is 14.7 Å². The molecule has 1 unspecified atom stereocenters. The van der Waals surface area contributed by atoms with E-state index in [-0.39, 0.29) is 12.4 Å². The fraction of sp³-hybridized carbons (Fsp3) is 0.556. The van der Waals surface area contributed by atoms with Crippen LogP contribution in [-0.4, -0.2) is 38.7 Å². The van der Waals surface area contributed by atoms with Gasteiger partial charge in [0, 0.05) is 6.54 Å². The van der Waals surface area contributed by atoms with Crippen LogP contribution < -0.4 is 5.32 Å². The molecule has 0 aliphatic carbocycles. The van der Waals surface area contributed by atoms with Gasteiger partial charge in [-0.25, -0.2) is 4.98 Å². The van der Waals surface area contributed by atoms with Crippen LogP contribution in [0.4, 0.5) is 0 Å². The van der Waals surface area contributed by atoms with E-state index in [4.69, 9.17) is 5.11 Å². The number of aliphatic carboxylic acids is 1. The van der Waals surface area contributed by atoms with E-state index >= 15 is 0 Å². The van der Waals surface area contributed by atoms with Crippen molar-refractivity contribution in [3.8, 4) is 0 Å². The van der Waals surface area contributed by atoms with Crippen molar-refractivity contribution in [2.45, 2.75) is 19.8 Å². The van der Waals surface area contributed by atoms with E-state index in [1.165, 1.54) is 6.33 Å². The monoisotopic (exact) mass is 226 g/mol. The maximum Gasteiger partial charge on any atom is 0.308 e. The topological polar surface area (TPSA) is 108 Å². The Labute approximate surface area is 92.3 Å². The van der Waals surface area contributed by atoms with Crippen molar-refractivity contribution in [1.82, 2.24) is 20.5 Å². The third-order valence-corrected chi connectivity index (χ3v) is 2.13. The van der Waals surface area contributed by atoms with E-state index < -0.39 is 17.8 Å². The average Bonchev–Trinajstić information content (AvgIpc) is 2.76. The average molecular weight is 226 g/mol. The highest BCUT2D eigenvalue weighted by Gasteiger charge is 2.18. The molecule has 1 rings (SSSR count). The summed E-state index contributed by atoms with van der Waals surface area (Å²) < 4.78 is 0. The van der Waals surface area contributed by atoms with Crippen molar-refractivity contribution in [1.29, 1.82) is 0 Å². The van der Waals surface area contributed by atoms with Gasteiger partial charge in [0.1, 0.15) is 6.33 Å². The van der Waals surface area contributed by atoms with E-state index in [1.807, 2.05) is 6.92 Å². The maximum absolute atomic E-state index is 11.4. The molecule has 0 aliphatic heterocycles. The highest BCUT2D eigenvalue weighted by Crippen LogP contribution is 2.05. The van der Waals surface area contributed by atoms with Gasteiger partial charge in [-0.05, 0) is 6.42 Å². The molecule has 0 spiro atoms. The largest absolute Gasteiger partial charge is 0.481 e. The molecule has 1 heterocycles. The van der Waals surface area contributed by atoms with Crippen molar-refractivity contribution in [2.75, 3.05) is 6.54 Å². The second-order valence-electron chi connectivity index (χ2n) is 3.37. The summed E-state index contributed by atoms with van der Waals surface area (Å²) >= 11 is 0. The minimum absolute atomic E-state index is 0.0839. The Morgan fingerprint density at radius 2 is 2.38 bits per heavy atom. The molecule has 7 nitrogen and oxygen atoms in total. The first kappa shape index (κ1) is 12.2. The molecule has 16 heavy (non-hydrogen) atoms. The molecular weight excluding hydrogens is 212 g/mol. The maximum atomic E-state index is 11.4. The number of rotatable bonds is 6. The van der Waals surface area contributed by atoms with Gasteiger partial charge in [0.25, 0.3) is 5.91 Å². The summed E-state index contributed by atoms with van der Waals surface area (Å²) in [5, 5.41) is 17.3. The fourth-order valence-electron chi connectivity index (χ4n) is 1.28. The van der Waals surface area contributed by atoms with Gasteiger partial charge in [0.15, 0.2) is 0 Å². The Hall–Kier alpha value is -1.92. The summed E-state index contributed by atoms with van der Waals surface area (Å²) in [6, 6.07) is 0. The number of aromatic nitrogens is 3. The van der Waals surface area contributed by atoms with Gasteiger partial charge in [0.2, 0.25) is 5.82 Å². The first-order chi connectivity index (χ1) is 7.65. The van der Waals surface area contributed by atoms with Gasteiger partial charge >= 0.3 is 5.97 Å². The first-order valence-corrected chi connectivity index (χ1v) is 5.01.